The number of carbonyl (C=O) groups is 1. The molecule has 0 radical (unpaired) electrons. The standard InChI is InChI=1S/C18H26N2O3/c1-22-9-2-10-23-17-7-3-13(4-8-17)18(21)20-16-11-14-5-6-15(12-16)19-14/h3-4,7-8,14-16,19H,2,5-6,9-12H2,1H3,(H,20,21). The first-order chi connectivity index (χ1) is 11.2. The third kappa shape index (κ3) is 4.45. The highest BCUT2D eigenvalue weighted by atomic mass is 16.5. The lowest BCUT2D eigenvalue weighted by molar-refractivity contribution is 0.0924. The van der Waals surface area contributed by atoms with Crippen molar-refractivity contribution in [1.29, 1.82) is 0 Å². The second-order valence-corrected chi connectivity index (χ2v) is 6.50. The van der Waals surface area contributed by atoms with Crippen LogP contribution in [0.3, 0.4) is 0 Å². The lowest BCUT2D eigenvalue weighted by Gasteiger charge is -2.29. The molecule has 1 amide bonds. The molecule has 0 saturated carbocycles. The van der Waals surface area contributed by atoms with Crippen LogP contribution in [0.25, 0.3) is 0 Å². The zero-order valence-corrected chi connectivity index (χ0v) is 13.7. The monoisotopic (exact) mass is 318 g/mol. The van der Waals surface area contributed by atoms with Crippen molar-refractivity contribution in [2.45, 2.75) is 50.2 Å². The normalized spacial score (nSPS) is 26.0. The van der Waals surface area contributed by atoms with Crippen molar-refractivity contribution in [2.75, 3.05) is 20.3 Å². The number of ether oxygens (including phenoxy) is 2. The van der Waals surface area contributed by atoms with Crippen molar-refractivity contribution in [2.24, 2.45) is 0 Å². The third-order valence-electron chi connectivity index (χ3n) is 4.69. The van der Waals surface area contributed by atoms with Gasteiger partial charge in [0, 0.05) is 43.8 Å². The molecule has 3 rings (SSSR count). The fourth-order valence-corrected chi connectivity index (χ4v) is 3.54. The van der Waals surface area contributed by atoms with Gasteiger partial charge in [0.25, 0.3) is 5.91 Å². The predicted octanol–water partition coefficient (Wildman–Crippen LogP) is 2.11. The largest absolute Gasteiger partial charge is 0.494 e. The fraction of sp³-hybridized carbons (Fsp3) is 0.611. The SMILES string of the molecule is COCCCOc1ccc(C(=O)NC2CC3CCC(C2)N3)cc1. The number of fused-ring (bicyclic) bond motifs is 2. The number of rotatable bonds is 7. The summed E-state index contributed by atoms with van der Waals surface area (Å²) in [5.74, 6) is 0.805. The average molecular weight is 318 g/mol. The summed E-state index contributed by atoms with van der Waals surface area (Å²) < 4.78 is 10.6. The molecule has 2 fully saturated rings. The van der Waals surface area contributed by atoms with Crippen LogP contribution in [0.4, 0.5) is 0 Å². The molecule has 0 spiro atoms. The maximum absolute atomic E-state index is 12.4. The van der Waals surface area contributed by atoms with Gasteiger partial charge in [0.05, 0.1) is 6.61 Å². The number of piperidine rings is 1. The second-order valence-electron chi connectivity index (χ2n) is 6.50. The number of hydrogen-bond donors (Lipinski definition) is 2. The number of methoxy groups -OCH3 is 1. The molecular formula is C18H26N2O3. The molecule has 0 aliphatic carbocycles. The molecule has 2 bridgehead atoms. The summed E-state index contributed by atoms with van der Waals surface area (Å²) in [6.07, 6.45) is 5.43. The second kappa shape index (κ2) is 7.79. The Morgan fingerprint density at radius 1 is 1.17 bits per heavy atom. The third-order valence-corrected chi connectivity index (χ3v) is 4.69. The average Bonchev–Trinajstić information content (AvgIpc) is 2.91. The van der Waals surface area contributed by atoms with Crippen LogP contribution < -0.4 is 15.4 Å². The van der Waals surface area contributed by atoms with E-state index in [0.29, 0.717) is 36.9 Å². The van der Waals surface area contributed by atoms with Gasteiger partial charge in [-0.05, 0) is 49.9 Å². The minimum Gasteiger partial charge on any atom is -0.494 e. The van der Waals surface area contributed by atoms with E-state index in [4.69, 9.17) is 9.47 Å². The Bertz CT molecular complexity index is 506. The van der Waals surface area contributed by atoms with Gasteiger partial charge in [-0.3, -0.25) is 4.79 Å². The molecule has 5 nitrogen and oxygen atoms in total. The van der Waals surface area contributed by atoms with Crippen LogP contribution in [0.2, 0.25) is 0 Å². The van der Waals surface area contributed by atoms with E-state index in [1.807, 2.05) is 24.3 Å². The van der Waals surface area contributed by atoms with Gasteiger partial charge in [-0.1, -0.05) is 0 Å². The van der Waals surface area contributed by atoms with Gasteiger partial charge in [-0.25, -0.2) is 0 Å². The summed E-state index contributed by atoms with van der Waals surface area (Å²) in [4.78, 5) is 12.4. The number of hydrogen-bond acceptors (Lipinski definition) is 4. The molecule has 2 N–H and O–H groups in total. The van der Waals surface area contributed by atoms with Gasteiger partial charge >= 0.3 is 0 Å². The van der Waals surface area contributed by atoms with E-state index in [1.54, 1.807) is 7.11 Å². The van der Waals surface area contributed by atoms with Crippen LogP contribution in [0.5, 0.6) is 5.75 Å². The van der Waals surface area contributed by atoms with Gasteiger partial charge < -0.3 is 20.1 Å². The lowest BCUT2D eigenvalue weighted by atomic mass is 9.99. The van der Waals surface area contributed by atoms with Gasteiger partial charge in [0.1, 0.15) is 5.75 Å². The molecule has 2 heterocycles. The van der Waals surface area contributed by atoms with Crippen LogP contribution >= 0.6 is 0 Å². The number of nitrogens with one attached hydrogen (secondary N) is 2. The molecule has 0 aromatic heterocycles. The first-order valence-electron chi connectivity index (χ1n) is 8.53. The molecule has 2 atom stereocenters. The predicted molar refractivity (Wildman–Crippen MR) is 88.9 cm³/mol. The smallest absolute Gasteiger partial charge is 0.251 e. The Labute approximate surface area is 137 Å². The van der Waals surface area contributed by atoms with Gasteiger partial charge in [-0.2, -0.15) is 0 Å². The van der Waals surface area contributed by atoms with Crippen LogP contribution in [0, 0.1) is 0 Å². The van der Waals surface area contributed by atoms with Crippen LogP contribution in [-0.4, -0.2) is 44.4 Å². The summed E-state index contributed by atoms with van der Waals surface area (Å²) >= 11 is 0. The molecular weight excluding hydrogens is 292 g/mol. The Hall–Kier alpha value is -1.59. The topological polar surface area (TPSA) is 59.6 Å². The highest BCUT2D eigenvalue weighted by Gasteiger charge is 2.34. The summed E-state index contributed by atoms with van der Waals surface area (Å²) in [7, 11) is 1.68. The molecule has 2 unspecified atom stereocenters. The first kappa shape index (κ1) is 16.3. The maximum atomic E-state index is 12.4. The molecule has 1 aromatic carbocycles. The zero-order chi connectivity index (χ0) is 16.1. The Morgan fingerprint density at radius 3 is 2.52 bits per heavy atom. The van der Waals surface area contributed by atoms with Crippen LogP contribution in [0.1, 0.15) is 42.5 Å². The molecule has 23 heavy (non-hydrogen) atoms. The molecule has 126 valence electrons. The fourth-order valence-electron chi connectivity index (χ4n) is 3.54. The minimum absolute atomic E-state index is 0.0160. The summed E-state index contributed by atoms with van der Waals surface area (Å²) in [5.41, 5.74) is 0.695. The molecule has 5 heteroatoms. The maximum Gasteiger partial charge on any atom is 0.251 e. The number of benzene rings is 1. The van der Waals surface area contributed by atoms with Crippen molar-refractivity contribution in [1.82, 2.24) is 10.6 Å². The van der Waals surface area contributed by atoms with Crippen LogP contribution in [0.15, 0.2) is 24.3 Å². The van der Waals surface area contributed by atoms with Gasteiger partial charge in [-0.15, -0.1) is 0 Å². The number of carbonyl (C=O) groups excluding carboxylic acids is 1. The zero-order valence-electron chi connectivity index (χ0n) is 13.7. The number of amides is 1. The van der Waals surface area contributed by atoms with E-state index < -0.39 is 0 Å². The summed E-state index contributed by atoms with van der Waals surface area (Å²) in [6.45, 7) is 1.32. The van der Waals surface area contributed by atoms with Crippen molar-refractivity contribution in [3.05, 3.63) is 29.8 Å². The van der Waals surface area contributed by atoms with E-state index in [9.17, 15) is 4.79 Å². The Kier molecular flexibility index (Phi) is 5.51. The minimum atomic E-state index is 0.0160. The highest BCUT2D eigenvalue weighted by molar-refractivity contribution is 5.94. The quantitative estimate of drug-likeness (QED) is 0.756. The van der Waals surface area contributed by atoms with Crippen molar-refractivity contribution >= 4 is 5.91 Å². The highest BCUT2D eigenvalue weighted by Crippen LogP contribution is 2.27. The molecule has 1 aromatic rings. The Morgan fingerprint density at radius 2 is 1.87 bits per heavy atom. The van der Waals surface area contributed by atoms with Gasteiger partial charge in [0.15, 0.2) is 0 Å². The van der Waals surface area contributed by atoms with Crippen molar-refractivity contribution in [3.63, 3.8) is 0 Å². The molecule has 2 saturated heterocycles. The first-order valence-corrected chi connectivity index (χ1v) is 8.53. The van der Waals surface area contributed by atoms with Crippen molar-refractivity contribution in [3.8, 4) is 5.75 Å². The van der Waals surface area contributed by atoms with E-state index >= 15 is 0 Å². The summed E-state index contributed by atoms with van der Waals surface area (Å²) in [5, 5.41) is 6.77. The Balaban J connectivity index is 1.47. The van der Waals surface area contributed by atoms with E-state index in [-0.39, 0.29) is 5.91 Å². The van der Waals surface area contributed by atoms with Gasteiger partial charge in [0.2, 0.25) is 0 Å². The van der Waals surface area contributed by atoms with Crippen molar-refractivity contribution < 1.29 is 14.3 Å². The summed E-state index contributed by atoms with van der Waals surface area (Å²) in [6, 6.07) is 8.84. The van der Waals surface area contributed by atoms with E-state index in [0.717, 1.165) is 25.0 Å². The van der Waals surface area contributed by atoms with Crippen LogP contribution in [-0.2, 0) is 4.74 Å². The lowest BCUT2D eigenvalue weighted by Crippen LogP contribution is -2.48. The van der Waals surface area contributed by atoms with E-state index in [1.165, 1.54) is 12.8 Å². The molecule has 2 aliphatic heterocycles. The molecule has 2 aliphatic rings. The van der Waals surface area contributed by atoms with E-state index in [2.05, 4.69) is 10.6 Å².